The van der Waals surface area contributed by atoms with Gasteiger partial charge in [-0.25, -0.2) is 14.3 Å². The molecular formula is C19H23ClN4O4. The molecule has 0 saturated heterocycles. The summed E-state index contributed by atoms with van der Waals surface area (Å²) >= 11 is 6.33. The quantitative estimate of drug-likeness (QED) is 0.718. The van der Waals surface area contributed by atoms with Crippen molar-refractivity contribution in [2.75, 3.05) is 6.54 Å². The fourth-order valence-corrected chi connectivity index (χ4v) is 2.76. The van der Waals surface area contributed by atoms with Gasteiger partial charge in [-0.2, -0.15) is 5.10 Å². The average molecular weight is 407 g/mol. The summed E-state index contributed by atoms with van der Waals surface area (Å²) in [5.74, 6) is -1.52. The zero-order chi connectivity index (χ0) is 20.8. The van der Waals surface area contributed by atoms with E-state index in [9.17, 15) is 14.4 Å². The molecule has 8 nitrogen and oxygen atoms in total. The molecule has 0 saturated carbocycles. The minimum atomic E-state index is -1.17. The Bertz CT molecular complexity index is 877. The lowest BCUT2D eigenvalue weighted by molar-refractivity contribution is -0.127. The van der Waals surface area contributed by atoms with E-state index in [1.54, 1.807) is 13.8 Å². The maximum absolute atomic E-state index is 12.5. The molecule has 1 heterocycles. The zero-order valence-electron chi connectivity index (χ0n) is 16.2. The number of aromatic nitrogens is 2. The summed E-state index contributed by atoms with van der Waals surface area (Å²) in [6.07, 6.45) is -1.17. The predicted octanol–water partition coefficient (Wildman–Crippen LogP) is 2.59. The highest BCUT2D eigenvalue weighted by Gasteiger charge is 2.26. The van der Waals surface area contributed by atoms with E-state index in [4.69, 9.17) is 16.3 Å². The molecule has 3 amide bonds. The minimum Gasteiger partial charge on any atom is -0.449 e. The lowest BCUT2D eigenvalue weighted by Gasteiger charge is -2.13. The lowest BCUT2D eigenvalue weighted by Crippen LogP contribution is -2.44. The molecule has 1 aromatic carbocycles. The number of hydrogen-bond acceptors (Lipinski definition) is 5. The van der Waals surface area contributed by atoms with E-state index in [-0.39, 0.29) is 10.7 Å². The highest BCUT2D eigenvalue weighted by molar-refractivity contribution is 6.32. The molecule has 0 fully saturated rings. The molecule has 0 radical (unpaired) electrons. The van der Waals surface area contributed by atoms with Crippen molar-refractivity contribution in [2.45, 2.75) is 40.3 Å². The normalized spacial score (nSPS) is 11.6. The molecule has 1 aromatic heterocycles. The van der Waals surface area contributed by atoms with Crippen molar-refractivity contribution in [2.24, 2.45) is 0 Å². The number of carbonyl (C=O) groups excluding carboxylic acids is 3. The highest BCUT2D eigenvalue weighted by atomic mass is 35.5. The first kappa shape index (κ1) is 21.4. The first-order valence-electron chi connectivity index (χ1n) is 8.81. The second-order valence-electron chi connectivity index (χ2n) is 6.29. The van der Waals surface area contributed by atoms with E-state index in [1.165, 1.54) is 11.6 Å². The first-order chi connectivity index (χ1) is 13.2. The molecule has 9 heteroatoms. The summed E-state index contributed by atoms with van der Waals surface area (Å²) in [5, 5.41) is 8.93. The Balaban J connectivity index is 2.09. The molecule has 0 unspecified atom stereocenters. The molecule has 150 valence electrons. The van der Waals surface area contributed by atoms with Gasteiger partial charge in [0.2, 0.25) is 0 Å². The molecule has 0 aliphatic carbocycles. The molecule has 2 rings (SSSR count). The number of rotatable bonds is 6. The standard InChI is InChI=1S/C19H23ClN4O4/c1-5-21-19(27)22-17(25)13(4)28-18(26)15-12(3)23-24(16(15)20)10-14-8-6-11(2)7-9-14/h6-9,13H,5,10H2,1-4H3,(H2,21,22,25,27)/t13-/m0/s1. The number of nitrogens with zero attached hydrogens (tertiary/aromatic N) is 2. The van der Waals surface area contributed by atoms with Gasteiger partial charge < -0.3 is 10.1 Å². The lowest BCUT2D eigenvalue weighted by atomic mass is 10.1. The van der Waals surface area contributed by atoms with Crippen LogP contribution >= 0.6 is 11.6 Å². The Kier molecular flexibility index (Phi) is 7.17. The first-order valence-corrected chi connectivity index (χ1v) is 9.18. The van der Waals surface area contributed by atoms with Crippen LogP contribution in [0.15, 0.2) is 24.3 Å². The molecule has 0 aliphatic rings. The van der Waals surface area contributed by atoms with E-state index in [0.717, 1.165) is 11.1 Å². The topological polar surface area (TPSA) is 102 Å². The Morgan fingerprint density at radius 2 is 1.86 bits per heavy atom. The largest absolute Gasteiger partial charge is 0.449 e. The van der Waals surface area contributed by atoms with Crippen LogP contribution in [-0.4, -0.2) is 40.3 Å². The van der Waals surface area contributed by atoms with Gasteiger partial charge in [0.25, 0.3) is 5.91 Å². The van der Waals surface area contributed by atoms with Crippen LogP contribution in [0.2, 0.25) is 5.15 Å². The molecule has 0 spiro atoms. The summed E-state index contributed by atoms with van der Waals surface area (Å²) in [7, 11) is 0. The van der Waals surface area contributed by atoms with Crippen molar-refractivity contribution in [3.05, 3.63) is 51.8 Å². The Labute approximate surface area is 168 Å². The summed E-state index contributed by atoms with van der Waals surface area (Å²) in [6.45, 7) is 7.46. The molecule has 2 N–H and O–H groups in total. The molecule has 1 atom stereocenters. The number of halogens is 1. The van der Waals surface area contributed by atoms with Crippen LogP contribution in [0.4, 0.5) is 4.79 Å². The van der Waals surface area contributed by atoms with E-state index in [2.05, 4.69) is 15.7 Å². The maximum atomic E-state index is 12.5. The molecule has 28 heavy (non-hydrogen) atoms. The molecule has 0 bridgehead atoms. The van der Waals surface area contributed by atoms with Gasteiger partial charge in [-0.1, -0.05) is 41.4 Å². The van der Waals surface area contributed by atoms with Gasteiger partial charge in [0.1, 0.15) is 10.7 Å². The van der Waals surface area contributed by atoms with Gasteiger partial charge in [0, 0.05) is 6.54 Å². The van der Waals surface area contributed by atoms with Crippen molar-refractivity contribution in [1.82, 2.24) is 20.4 Å². The van der Waals surface area contributed by atoms with Gasteiger partial charge in [0.15, 0.2) is 6.10 Å². The fourth-order valence-electron chi connectivity index (χ4n) is 2.45. The second-order valence-corrected chi connectivity index (χ2v) is 6.65. The number of ether oxygens (including phenoxy) is 1. The Morgan fingerprint density at radius 3 is 2.46 bits per heavy atom. The van der Waals surface area contributed by atoms with Crippen molar-refractivity contribution < 1.29 is 19.1 Å². The average Bonchev–Trinajstić information content (AvgIpc) is 2.90. The number of benzene rings is 1. The summed E-state index contributed by atoms with van der Waals surface area (Å²) in [5.41, 5.74) is 2.59. The number of aryl methyl sites for hydroxylation is 2. The third-order valence-corrected chi connectivity index (χ3v) is 4.33. The molecule has 0 aliphatic heterocycles. The molecular weight excluding hydrogens is 384 g/mol. The SMILES string of the molecule is CCNC(=O)NC(=O)[C@H](C)OC(=O)c1c(C)nn(Cc2ccc(C)cc2)c1Cl. The van der Waals surface area contributed by atoms with Crippen LogP contribution in [0.1, 0.15) is 41.0 Å². The van der Waals surface area contributed by atoms with Crippen molar-refractivity contribution in [3.8, 4) is 0 Å². The van der Waals surface area contributed by atoms with Crippen molar-refractivity contribution in [1.29, 1.82) is 0 Å². The third kappa shape index (κ3) is 5.32. The van der Waals surface area contributed by atoms with Crippen LogP contribution in [0.25, 0.3) is 0 Å². The number of imide groups is 1. The monoisotopic (exact) mass is 406 g/mol. The van der Waals surface area contributed by atoms with Gasteiger partial charge >= 0.3 is 12.0 Å². The second kappa shape index (κ2) is 9.36. The summed E-state index contributed by atoms with van der Waals surface area (Å²) in [4.78, 5) is 35.8. The smallest absolute Gasteiger partial charge is 0.343 e. The number of amides is 3. The van der Waals surface area contributed by atoms with Crippen molar-refractivity contribution >= 4 is 29.5 Å². The van der Waals surface area contributed by atoms with Gasteiger partial charge in [-0.15, -0.1) is 0 Å². The van der Waals surface area contributed by atoms with E-state index >= 15 is 0 Å². The maximum Gasteiger partial charge on any atom is 0.343 e. The minimum absolute atomic E-state index is 0.0893. The van der Waals surface area contributed by atoms with Gasteiger partial charge in [-0.3, -0.25) is 10.1 Å². The van der Waals surface area contributed by atoms with Crippen LogP contribution in [0, 0.1) is 13.8 Å². The van der Waals surface area contributed by atoms with Gasteiger partial charge in [-0.05, 0) is 33.3 Å². The predicted molar refractivity (Wildman–Crippen MR) is 104 cm³/mol. The Hall–Kier alpha value is -2.87. The fraction of sp³-hybridized carbons (Fsp3) is 0.368. The number of nitrogens with one attached hydrogen (secondary N) is 2. The highest BCUT2D eigenvalue weighted by Crippen LogP contribution is 2.22. The number of esters is 1. The Morgan fingerprint density at radius 1 is 1.21 bits per heavy atom. The zero-order valence-corrected chi connectivity index (χ0v) is 17.0. The van der Waals surface area contributed by atoms with Crippen LogP contribution in [0.3, 0.4) is 0 Å². The third-order valence-electron chi connectivity index (χ3n) is 3.95. The number of urea groups is 1. The van der Waals surface area contributed by atoms with Crippen LogP contribution in [0.5, 0.6) is 0 Å². The molecule has 2 aromatic rings. The van der Waals surface area contributed by atoms with Crippen LogP contribution in [-0.2, 0) is 16.1 Å². The summed E-state index contributed by atoms with van der Waals surface area (Å²) in [6, 6.07) is 7.20. The van der Waals surface area contributed by atoms with Gasteiger partial charge in [0.05, 0.1) is 12.2 Å². The van der Waals surface area contributed by atoms with E-state index < -0.39 is 24.0 Å². The van der Waals surface area contributed by atoms with E-state index in [0.29, 0.717) is 18.8 Å². The number of carbonyl (C=O) groups is 3. The van der Waals surface area contributed by atoms with E-state index in [1.807, 2.05) is 31.2 Å². The van der Waals surface area contributed by atoms with Crippen LogP contribution < -0.4 is 10.6 Å². The van der Waals surface area contributed by atoms with Crippen molar-refractivity contribution in [3.63, 3.8) is 0 Å². The number of hydrogen-bond donors (Lipinski definition) is 2. The summed E-state index contributed by atoms with van der Waals surface area (Å²) < 4.78 is 6.65.